The highest BCUT2D eigenvalue weighted by Crippen LogP contribution is 2.38. The molecule has 0 saturated carbocycles. The number of rotatable bonds is 20. The maximum absolute atomic E-state index is 13.0. The Hall–Kier alpha value is -4.41. The van der Waals surface area contributed by atoms with Crippen LogP contribution in [0.3, 0.4) is 0 Å². The van der Waals surface area contributed by atoms with Crippen molar-refractivity contribution in [1.82, 2.24) is 0 Å². The topological polar surface area (TPSA) is 133 Å². The second-order valence-corrected chi connectivity index (χ2v) is 18.2. The standard InChI is InChI=1S/C51H54Cl3NO11/c1-34-42(58-29-37-20-10-4-11-21-37)45(47(63-35(2)56)49(62-34)66-50(55)51(52,53)54)65-48-46(61-32-40-26-16-7-17-27-40)44(60-31-39-24-14-6-15-25-39)43(59-30-38-22-12-5-13-23-38)41(64-48)33-57-28-36-18-8-3-9-19-36/h3-27,34,41-49,55H,28-33H2,1-2H3/t34-,41+,42-,43+,44-,45+,46+,47+,48+,49-/m0/s1. The number of alkyl halides is 3. The van der Waals surface area contributed by atoms with Crippen molar-refractivity contribution in [1.29, 1.82) is 5.41 Å². The lowest BCUT2D eigenvalue weighted by Crippen LogP contribution is -2.66. The third-order valence-corrected chi connectivity index (χ3v) is 11.5. The molecule has 15 heteroatoms. The number of nitrogens with one attached hydrogen (secondary N) is 1. The van der Waals surface area contributed by atoms with Gasteiger partial charge >= 0.3 is 5.97 Å². The molecular weight excluding hydrogens is 909 g/mol. The summed E-state index contributed by atoms with van der Waals surface area (Å²) in [5.41, 5.74) is 4.57. The maximum atomic E-state index is 13.0. The van der Waals surface area contributed by atoms with Crippen LogP contribution >= 0.6 is 34.8 Å². The molecule has 5 aromatic rings. The number of hydrogen-bond donors (Lipinski definition) is 1. The summed E-state index contributed by atoms with van der Waals surface area (Å²) in [5.74, 6) is -1.46. The quantitative estimate of drug-likeness (QED) is 0.0346. The zero-order valence-electron chi connectivity index (χ0n) is 36.6. The molecular formula is C51H54Cl3NO11. The van der Waals surface area contributed by atoms with E-state index in [1.54, 1.807) is 6.92 Å². The van der Waals surface area contributed by atoms with Crippen molar-refractivity contribution in [2.24, 2.45) is 0 Å². The first-order valence-electron chi connectivity index (χ1n) is 21.7. The van der Waals surface area contributed by atoms with Crippen LogP contribution in [0.25, 0.3) is 0 Å². The summed E-state index contributed by atoms with van der Waals surface area (Å²) in [6, 6.07) is 48.6. The number of esters is 1. The number of hydrogen-bond acceptors (Lipinski definition) is 12. The van der Waals surface area contributed by atoms with Gasteiger partial charge in [0, 0.05) is 6.92 Å². The number of carbonyl (C=O) groups excluding carboxylic acids is 1. The molecule has 2 heterocycles. The highest BCUT2D eigenvalue weighted by atomic mass is 35.6. The lowest BCUT2D eigenvalue weighted by Gasteiger charge is -2.49. The van der Waals surface area contributed by atoms with Gasteiger partial charge < -0.3 is 47.4 Å². The van der Waals surface area contributed by atoms with Crippen LogP contribution in [0.5, 0.6) is 0 Å². The van der Waals surface area contributed by atoms with E-state index < -0.39 is 77.1 Å². The number of ether oxygens (including phenoxy) is 10. The van der Waals surface area contributed by atoms with E-state index in [-0.39, 0.29) is 39.6 Å². The van der Waals surface area contributed by atoms with Gasteiger partial charge in [-0.2, -0.15) is 0 Å². The molecule has 0 unspecified atom stereocenters. The Morgan fingerprint density at radius 2 is 0.924 bits per heavy atom. The van der Waals surface area contributed by atoms with Crippen LogP contribution in [0.1, 0.15) is 41.7 Å². The molecule has 0 aromatic heterocycles. The Morgan fingerprint density at radius 3 is 1.36 bits per heavy atom. The Morgan fingerprint density at radius 1 is 0.515 bits per heavy atom. The fourth-order valence-electron chi connectivity index (χ4n) is 7.73. The molecule has 0 spiro atoms. The largest absolute Gasteiger partial charge is 0.453 e. The fraction of sp³-hybridized carbons (Fsp3) is 0.373. The van der Waals surface area contributed by atoms with Crippen LogP contribution in [0.4, 0.5) is 0 Å². The SMILES string of the molecule is CC(=O)O[C@H]1[C@H](OC(=N)C(Cl)(Cl)Cl)O[C@@H](C)[C@H](OCc2ccccc2)[C@H]1O[C@H]1O[C@H](COCc2ccccc2)[C@@H](OCc2ccccc2)[C@H](OCc2ccccc2)[C@H]1OCc1ccccc1. The average molecular weight is 963 g/mol. The van der Waals surface area contributed by atoms with E-state index in [2.05, 4.69) is 0 Å². The third kappa shape index (κ3) is 14.3. The van der Waals surface area contributed by atoms with E-state index >= 15 is 0 Å². The zero-order valence-corrected chi connectivity index (χ0v) is 38.8. The molecule has 1 N–H and O–H groups in total. The van der Waals surface area contributed by atoms with Gasteiger partial charge in [-0.3, -0.25) is 10.2 Å². The van der Waals surface area contributed by atoms with Gasteiger partial charge in [0.05, 0.1) is 45.7 Å². The molecule has 0 amide bonds. The molecule has 5 aromatic carbocycles. The predicted octanol–water partition coefficient (Wildman–Crippen LogP) is 9.70. The summed E-state index contributed by atoms with van der Waals surface area (Å²) >= 11 is 18.3. The summed E-state index contributed by atoms with van der Waals surface area (Å²) in [7, 11) is 0. The molecule has 10 atom stereocenters. The molecule has 0 radical (unpaired) electrons. The Balaban J connectivity index is 1.30. The smallest absolute Gasteiger partial charge is 0.303 e. The molecule has 2 aliphatic rings. The molecule has 12 nitrogen and oxygen atoms in total. The average Bonchev–Trinajstić information content (AvgIpc) is 3.32. The van der Waals surface area contributed by atoms with E-state index in [9.17, 15) is 4.79 Å². The van der Waals surface area contributed by atoms with Crippen LogP contribution in [0.15, 0.2) is 152 Å². The van der Waals surface area contributed by atoms with Gasteiger partial charge in [-0.1, -0.05) is 186 Å². The summed E-state index contributed by atoms with van der Waals surface area (Å²) in [4.78, 5) is 13.0. The van der Waals surface area contributed by atoms with Crippen molar-refractivity contribution in [3.63, 3.8) is 0 Å². The van der Waals surface area contributed by atoms with Crippen LogP contribution < -0.4 is 0 Å². The summed E-state index contributed by atoms with van der Waals surface area (Å²) < 4.78 is 63.6. The van der Waals surface area contributed by atoms with Crippen molar-refractivity contribution in [2.45, 2.75) is 112 Å². The van der Waals surface area contributed by atoms with Gasteiger partial charge in [0.2, 0.25) is 12.2 Å². The molecule has 7 rings (SSSR count). The van der Waals surface area contributed by atoms with Crippen molar-refractivity contribution in [2.75, 3.05) is 6.61 Å². The second-order valence-electron chi connectivity index (χ2n) is 15.9. The highest BCUT2D eigenvalue weighted by molar-refractivity contribution is 6.76. The van der Waals surface area contributed by atoms with E-state index in [0.717, 1.165) is 27.8 Å². The first-order chi connectivity index (χ1) is 32.0. The maximum Gasteiger partial charge on any atom is 0.303 e. The van der Waals surface area contributed by atoms with E-state index in [1.165, 1.54) is 6.92 Å². The molecule has 0 aliphatic carbocycles. The monoisotopic (exact) mass is 961 g/mol. The van der Waals surface area contributed by atoms with Crippen LogP contribution in [-0.4, -0.2) is 83.7 Å². The van der Waals surface area contributed by atoms with Crippen molar-refractivity contribution < 1.29 is 52.2 Å². The van der Waals surface area contributed by atoms with Crippen molar-refractivity contribution in [3.8, 4) is 0 Å². The van der Waals surface area contributed by atoms with Gasteiger partial charge in [-0.25, -0.2) is 0 Å². The molecule has 350 valence electrons. The molecule has 0 bridgehead atoms. The Labute approximate surface area is 400 Å². The van der Waals surface area contributed by atoms with Crippen molar-refractivity contribution in [3.05, 3.63) is 179 Å². The van der Waals surface area contributed by atoms with E-state index in [0.29, 0.717) is 0 Å². The molecule has 2 fully saturated rings. The highest BCUT2D eigenvalue weighted by Gasteiger charge is 2.55. The minimum Gasteiger partial charge on any atom is -0.453 e. The first kappa shape index (κ1) is 49.5. The van der Waals surface area contributed by atoms with Gasteiger partial charge in [-0.15, -0.1) is 0 Å². The Kier molecular flexibility index (Phi) is 18.4. The number of benzene rings is 5. The minimum atomic E-state index is -2.27. The fourth-order valence-corrected chi connectivity index (χ4v) is 7.86. The van der Waals surface area contributed by atoms with Gasteiger partial charge in [-0.05, 0) is 34.7 Å². The summed E-state index contributed by atoms with van der Waals surface area (Å²) in [5, 5.41) is 8.47. The normalized spacial score (nSPS) is 25.5. The first-order valence-corrected chi connectivity index (χ1v) is 22.8. The van der Waals surface area contributed by atoms with Crippen LogP contribution in [0.2, 0.25) is 0 Å². The van der Waals surface area contributed by atoms with Crippen LogP contribution in [-0.2, 0) is 85.2 Å². The third-order valence-electron chi connectivity index (χ3n) is 10.9. The molecule has 2 aliphatic heterocycles. The minimum absolute atomic E-state index is 0.0580. The lowest BCUT2D eigenvalue weighted by atomic mass is 9.96. The van der Waals surface area contributed by atoms with Gasteiger partial charge in [0.25, 0.3) is 3.79 Å². The summed E-state index contributed by atoms with van der Waals surface area (Å²) in [6.07, 6.45) is -10.5. The van der Waals surface area contributed by atoms with E-state index in [4.69, 9.17) is 87.6 Å². The predicted molar refractivity (Wildman–Crippen MR) is 249 cm³/mol. The lowest BCUT2D eigenvalue weighted by molar-refractivity contribution is -0.368. The van der Waals surface area contributed by atoms with Gasteiger partial charge in [0.1, 0.15) is 36.6 Å². The number of halogens is 3. The number of carbonyl (C=O) groups is 1. The van der Waals surface area contributed by atoms with Gasteiger partial charge in [0.15, 0.2) is 12.4 Å². The van der Waals surface area contributed by atoms with Crippen LogP contribution in [0, 0.1) is 5.41 Å². The molecule has 66 heavy (non-hydrogen) atoms. The Bertz CT molecular complexity index is 2210. The van der Waals surface area contributed by atoms with Crippen molar-refractivity contribution >= 4 is 46.7 Å². The molecule has 2 saturated heterocycles. The zero-order chi connectivity index (χ0) is 46.3. The summed E-state index contributed by atoms with van der Waals surface area (Å²) in [6.45, 7) is 4.01. The van der Waals surface area contributed by atoms with E-state index in [1.807, 2.05) is 152 Å². The second kappa shape index (κ2) is 24.6.